The highest BCUT2D eigenvalue weighted by atomic mass is 127. The Labute approximate surface area is 137 Å². The van der Waals surface area contributed by atoms with Crippen LogP contribution in [0.15, 0.2) is 23.4 Å². The SMILES string of the molecule is CSc1nc(N)n2nc(-c3cc(I)ccc3Cl)nc2n1. The molecule has 20 heavy (non-hydrogen) atoms. The first-order chi connectivity index (χ1) is 9.58. The molecule has 0 atom stereocenters. The van der Waals surface area contributed by atoms with Crippen molar-refractivity contribution >= 4 is 57.7 Å². The fourth-order valence-corrected chi connectivity index (χ4v) is 2.71. The van der Waals surface area contributed by atoms with Crippen LogP contribution in [0.25, 0.3) is 17.2 Å². The minimum absolute atomic E-state index is 0.250. The number of thioether (sulfide) groups is 1. The third-order valence-electron chi connectivity index (χ3n) is 2.56. The van der Waals surface area contributed by atoms with Gasteiger partial charge in [0.1, 0.15) is 0 Å². The first-order valence-corrected chi connectivity index (χ1v) is 8.16. The van der Waals surface area contributed by atoms with E-state index in [2.05, 4.69) is 42.6 Å². The molecule has 0 radical (unpaired) electrons. The number of halogens is 2. The Bertz CT molecular complexity index is 805. The largest absolute Gasteiger partial charge is 0.368 e. The molecule has 0 unspecified atom stereocenters. The highest BCUT2D eigenvalue weighted by molar-refractivity contribution is 14.1. The Morgan fingerprint density at radius 2 is 2.10 bits per heavy atom. The molecule has 0 amide bonds. The van der Waals surface area contributed by atoms with Gasteiger partial charge < -0.3 is 5.73 Å². The van der Waals surface area contributed by atoms with Crippen molar-refractivity contribution < 1.29 is 0 Å². The quantitative estimate of drug-likeness (QED) is 0.509. The van der Waals surface area contributed by atoms with Crippen LogP contribution in [0.5, 0.6) is 0 Å². The number of anilines is 1. The van der Waals surface area contributed by atoms with Crippen LogP contribution in [0.1, 0.15) is 0 Å². The van der Waals surface area contributed by atoms with Gasteiger partial charge in [0.2, 0.25) is 5.95 Å². The van der Waals surface area contributed by atoms with E-state index in [1.807, 2.05) is 24.5 Å². The summed E-state index contributed by atoms with van der Waals surface area (Å²) < 4.78 is 2.45. The second kappa shape index (κ2) is 5.34. The molecule has 0 aliphatic rings. The maximum atomic E-state index is 6.19. The Morgan fingerprint density at radius 3 is 2.85 bits per heavy atom. The lowest BCUT2D eigenvalue weighted by atomic mass is 10.2. The molecule has 3 aromatic rings. The van der Waals surface area contributed by atoms with Gasteiger partial charge in [0.25, 0.3) is 5.78 Å². The highest BCUT2D eigenvalue weighted by Gasteiger charge is 2.14. The molecule has 0 saturated carbocycles. The van der Waals surface area contributed by atoms with E-state index < -0.39 is 0 Å². The van der Waals surface area contributed by atoms with Crippen LogP contribution in [0.4, 0.5) is 5.95 Å². The van der Waals surface area contributed by atoms with Gasteiger partial charge in [-0.25, -0.2) is 0 Å². The van der Waals surface area contributed by atoms with Crippen molar-refractivity contribution in [2.24, 2.45) is 0 Å². The number of nitrogen functional groups attached to an aromatic ring is 1. The molecule has 2 aromatic heterocycles. The first-order valence-electron chi connectivity index (χ1n) is 5.48. The molecule has 3 rings (SSSR count). The molecule has 0 aliphatic heterocycles. The summed E-state index contributed by atoms with van der Waals surface area (Å²) in [5.74, 6) is 1.14. The molecule has 0 aliphatic carbocycles. The van der Waals surface area contributed by atoms with Gasteiger partial charge in [-0.15, -0.1) is 5.10 Å². The van der Waals surface area contributed by atoms with Gasteiger partial charge in [0, 0.05) is 9.13 Å². The molecule has 6 nitrogen and oxygen atoms in total. The van der Waals surface area contributed by atoms with Gasteiger partial charge in [-0.05, 0) is 47.0 Å². The van der Waals surface area contributed by atoms with Crippen LogP contribution in [0.3, 0.4) is 0 Å². The second-order valence-corrected chi connectivity index (χ2v) is 6.27. The third-order valence-corrected chi connectivity index (χ3v) is 4.11. The van der Waals surface area contributed by atoms with Crippen LogP contribution in [0, 0.1) is 3.57 Å². The number of benzene rings is 1. The molecule has 9 heteroatoms. The van der Waals surface area contributed by atoms with E-state index in [9.17, 15) is 0 Å². The highest BCUT2D eigenvalue weighted by Crippen LogP contribution is 2.27. The smallest absolute Gasteiger partial charge is 0.258 e. The van der Waals surface area contributed by atoms with Gasteiger partial charge in [0.15, 0.2) is 11.0 Å². The summed E-state index contributed by atoms with van der Waals surface area (Å²) in [7, 11) is 0. The zero-order valence-corrected chi connectivity index (χ0v) is 13.9. The Balaban J connectivity index is 2.22. The molecule has 1 aromatic carbocycles. The van der Waals surface area contributed by atoms with Crippen molar-refractivity contribution in [2.75, 3.05) is 12.0 Å². The number of aromatic nitrogens is 5. The number of nitrogens with zero attached hydrogens (tertiary/aromatic N) is 5. The predicted octanol–water partition coefficient (Wildman–Crippen LogP) is 2.75. The summed E-state index contributed by atoms with van der Waals surface area (Å²) in [4.78, 5) is 12.8. The number of hydrogen-bond acceptors (Lipinski definition) is 6. The molecule has 0 bridgehead atoms. The van der Waals surface area contributed by atoms with E-state index in [0.29, 0.717) is 21.8 Å². The van der Waals surface area contributed by atoms with Crippen molar-refractivity contribution in [3.63, 3.8) is 0 Å². The van der Waals surface area contributed by atoms with Gasteiger partial charge in [-0.3, -0.25) is 0 Å². The summed E-state index contributed by atoms with van der Waals surface area (Å²) in [6.45, 7) is 0. The number of rotatable bonds is 2. The van der Waals surface area contributed by atoms with E-state index >= 15 is 0 Å². The van der Waals surface area contributed by atoms with Crippen LogP contribution in [-0.2, 0) is 0 Å². The lowest BCUT2D eigenvalue weighted by Gasteiger charge is -1.99. The molecule has 2 heterocycles. The topological polar surface area (TPSA) is 82.0 Å². The molecule has 0 fully saturated rings. The molecule has 0 saturated heterocycles. The van der Waals surface area contributed by atoms with E-state index in [-0.39, 0.29) is 5.95 Å². The minimum Gasteiger partial charge on any atom is -0.368 e. The third kappa shape index (κ3) is 2.42. The summed E-state index contributed by atoms with van der Waals surface area (Å²) in [6, 6.07) is 5.64. The zero-order chi connectivity index (χ0) is 14.3. The molecule has 102 valence electrons. The standard InChI is InChI=1S/C11H8ClIN6S/c1-20-11-16-9(14)19-10(17-11)15-8(18-19)6-4-5(13)2-3-7(6)12/h2-4H,1H3,(H2,14,15,16,17,18). The maximum Gasteiger partial charge on any atom is 0.258 e. The van der Waals surface area contributed by atoms with Crippen LogP contribution in [0.2, 0.25) is 5.02 Å². The van der Waals surface area contributed by atoms with Crippen LogP contribution in [-0.4, -0.2) is 30.8 Å². The Kier molecular flexibility index (Phi) is 3.69. The summed E-state index contributed by atoms with van der Waals surface area (Å²) in [5, 5.41) is 5.46. The lowest BCUT2D eigenvalue weighted by Crippen LogP contribution is -2.04. The first kappa shape index (κ1) is 13.8. The van der Waals surface area contributed by atoms with Gasteiger partial charge in [0.05, 0.1) is 5.02 Å². The van der Waals surface area contributed by atoms with E-state index in [1.165, 1.54) is 16.3 Å². The fourth-order valence-electron chi connectivity index (χ4n) is 1.66. The van der Waals surface area contributed by atoms with Crippen LogP contribution < -0.4 is 5.73 Å². The van der Waals surface area contributed by atoms with Crippen molar-refractivity contribution in [2.45, 2.75) is 5.16 Å². The molecule has 2 N–H and O–H groups in total. The van der Waals surface area contributed by atoms with Crippen LogP contribution >= 0.6 is 46.0 Å². The fraction of sp³-hybridized carbons (Fsp3) is 0.0909. The summed E-state index contributed by atoms with van der Waals surface area (Å²) in [6.07, 6.45) is 1.87. The second-order valence-electron chi connectivity index (χ2n) is 3.84. The Morgan fingerprint density at radius 1 is 1.30 bits per heavy atom. The summed E-state index contributed by atoms with van der Waals surface area (Å²) in [5.41, 5.74) is 6.60. The molecular formula is C11H8ClIN6S. The van der Waals surface area contributed by atoms with Crippen molar-refractivity contribution in [1.29, 1.82) is 0 Å². The van der Waals surface area contributed by atoms with E-state index in [0.717, 1.165) is 9.13 Å². The number of hydrogen-bond donors (Lipinski definition) is 1. The minimum atomic E-state index is 0.250. The van der Waals surface area contributed by atoms with Gasteiger partial charge >= 0.3 is 0 Å². The van der Waals surface area contributed by atoms with E-state index in [4.69, 9.17) is 17.3 Å². The maximum absolute atomic E-state index is 6.19. The average molecular weight is 419 g/mol. The number of nitrogens with two attached hydrogens (primary N) is 1. The Hall–Kier alpha value is -1.13. The number of fused-ring (bicyclic) bond motifs is 1. The van der Waals surface area contributed by atoms with Crippen molar-refractivity contribution in [3.05, 3.63) is 26.8 Å². The lowest BCUT2D eigenvalue weighted by molar-refractivity contribution is 0.851. The normalized spacial score (nSPS) is 11.2. The van der Waals surface area contributed by atoms with Crippen molar-refractivity contribution in [3.8, 4) is 11.4 Å². The van der Waals surface area contributed by atoms with Gasteiger partial charge in [-0.2, -0.15) is 19.5 Å². The summed E-state index contributed by atoms with van der Waals surface area (Å²) >= 11 is 9.80. The average Bonchev–Trinajstić information content (AvgIpc) is 2.85. The molecule has 0 spiro atoms. The van der Waals surface area contributed by atoms with E-state index in [1.54, 1.807) is 0 Å². The van der Waals surface area contributed by atoms with Gasteiger partial charge in [-0.1, -0.05) is 23.4 Å². The predicted molar refractivity (Wildman–Crippen MR) is 87.9 cm³/mol. The monoisotopic (exact) mass is 418 g/mol. The van der Waals surface area contributed by atoms with Crippen molar-refractivity contribution in [1.82, 2.24) is 24.6 Å². The zero-order valence-electron chi connectivity index (χ0n) is 10.2. The molecular weight excluding hydrogens is 411 g/mol.